The van der Waals surface area contributed by atoms with Gasteiger partial charge in [0.15, 0.2) is 0 Å². The van der Waals surface area contributed by atoms with Crippen molar-refractivity contribution < 1.29 is 27.0 Å². The number of rotatable bonds is 7. The van der Waals surface area contributed by atoms with Crippen LogP contribution >= 0.6 is 0 Å². The number of aryl methyl sites for hydroxylation is 1. The predicted molar refractivity (Wildman–Crippen MR) is 109 cm³/mol. The summed E-state index contributed by atoms with van der Waals surface area (Å²) in [7, 11) is -1.00. The summed E-state index contributed by atoms with van der Waals surface area (Å²) in [6, 6.07) is 12.8. The molecule has 2 aromatic heterocycles. The fraction of sp³-hybridized carbons (Fsp3) is 0.150. The Bertz CT molecular complexity index is 1330. The highest BCUT2D eigenvalue weighted by Gasteiger charge is 2.19. The van der Waals surface area contributed by atoms with Gasteiger partial charge in [0.05, 0.1) is 29.5 Å². The fourth-order valence-electron chi connectivity index (χ4n) is 2.90. The molecule has 0 aliphatic carbocycles. The van der Waals surface area contributed by atoms with E-state index < -0.39 is 10.1 Å². The molecule has 0 aliphatic heterocycles. The molecule has 11 heteroatoms. The Kier molecular flexibility index (Phi) is 5.44. The molecule has 0 spiro atoms. The summed E-state index contributed by atoms with van der Waals surface area (Å²) in [5, 5.41) is 8.16. The van der Waals surface area contributed by atoms with Gasteiger partial charge in [0, 0.05) is 18.7 Å². The first-order chi connectivity index (χ1) is 14.8. The average molecular weight is 442 g/mol. The van der Waals surface area contributed by atoms with Crippen LogP contribution in [0, 0.1) is 0 Å². The number of nitrogens with zero attached hydrogens (tertiary/aromatic N) is 4. The second-order valence-electron chi connectivity index (χ2n) is 6.52. The lowest BCUT2D eigenvalue weighted by molar-refractivity contribution is 0.292. The summed E-state index contributed by atoms with van der Waals surface area (Å²) in [4.78, 5) is 4.09. The Morgan fingerprint density at radius 1 is 1.13 bits per heavy atom. The van der Waals surface area contributed by atoms with Gasteiger partial charge in [-0.25, -0.2) is 0 Å². The van der Waals surface area contributed by atoms with Crippen molar-refractivity contribution in [3.63, 3.8) is 0 Å². The van der Waals surface area contributed by atoms with Crippen molar-refractivity contribution in [3.05, 3.63) is 60.4 Å². The highest BCUT2D eigenvalue weighted by atomic mass is 32.2. The van der Waals surface area contributed by atoms with Crippen molar-refractivity contribution in [1.29, 1.82) is 0 Å². The lowest BCUT2D eigenvalue weighted by Crippen LogP contribution is -2.04. The van der Waals surface area contributed by atoms with Crippen molar-refractivity contribution >= 4 is 10.1 Å². The minimum atomic E-state index is -4.35. The molecule has 2 heterocycles. The second kappa shape index (κ2) is 8.20. The van der Waals surface area contributed by atoms with E-state index in [-0.39, 0.29) is 23.2 Å². The predicted octanol–water partition coefficient (Wildman–Crippen LogP) is 2.97. The van der Waals surface area contributed by atoms with Gasteiger partial charge in [-0.2, -0.15) is 18.5 Å². The Labute approximate surface area is 177 Å². The van der Waals surface area contributed by atoms with Crippen LogP contribution in [0.4, 0.5) is 0 Å². The first kappa shape index (κ1) is 20.6. The molecule has 0 bridgehead atoms. The zero-order valence-corrected chi connectivity index (χ0v) is 17.4. The zero-order chi connectivity index (χ0) is 22.0. The third-order valence-corrected chi connectivity index (χ3v) is 5.37. The fourth-order valence-corrected chi connectivity index (χ4v) is 3.43. The molecule has 0 saturated heterocycles. The van der Waals surface area contributed by atoms with Crippen LogP contribution in [-0.4, -0.2) is 40.0 Å². The number of hydrogen-bond acceptors (Lipinski definition) is 8. The number of ether oxygens (including phenoxy) is 2. The first-order valence-corrected chi connectivity index (χ1v) is 10.5. The Balaban J connectivity index is 1.60. The number of benzene rings is 2. The minimum Gasteiger partial charge on any atom is -0.497 e. The molecule has 0 amide bonds. The minimum absolute atomic E-state index is 0.170. The molecular weight excluding hydrogens is 424 g/mol. The van der Waals surface area contributed by atoms with Gasteiger partial charge in [-0.15, -0.1) is 0 Å². The summed E-state index contributed by atoms with van der Waals surface area (Å²) in [5.41, 5.74) is 1.66. The van der Waals surface area contributed by atoms with Crippen LogP contribution in [0.25, 0.3) is 22.8 Å². The molecule has 4 aromatic rings. The zero-order valence-electron chi connectivity index (χ0n) is 16.6. The van der Waals surface area contributed by atoms with Crippen LogP contribution in [-0.2, 0) is 23.8 Å². The van der Waals surface area contributed by atoms with Crippen molar-refractivity contribution in [2.75, 3.05) is 7.11 Å². The van der Waals surface area contributed by atoms with Gasteiger partial charge in [-0.1, -0.05) is 23.4 Å². The molecule has 10 nitrogen and oxygen atoms in total. The second-order valence-corrected chi connectivity index (χ2v) is 7.94. The molecule has 0 radical (unpaired) electrons. The van der Waals surface area contributed by atoms with Crippen LogP contribution in [0.3, 0.4) is 0 Å². The first-order valence-electron chi connectivity index (χ1n) is 9.05. The molecule has 0 aliphatic rings. The maximum Gasteiger partial charge on any atom is 0.294 e. The third-order valence-electron chi connectivity index (χ3n) is 4.52. The van der Waals surface area contributed by atoms with Crippen molar-refractivity contribution in [3.8, 4) is 34.3 Å². The summed E-state index contributed by atoms with van der Waals surface area (Å²) in [6.45, 7) is 0.189. The van der Waals surface area contributed by atoms with Gasteiger partial charge >= 0.3 is 0 Å². The largest absolute Gasteiger partial charge is 0.497 e. The maximum atomic E-state index is 11.4. The Morgan fingerprint density at radius 3 is 2.68 bits per heavy atom. The van der Waals surface area contributed by atoms with E-state index in [0.29, 0.717) is 28.3 Å². The van der Waals surface area contributed by atoms with Crippen molar-refractivity contribution in [1.82, 2.24) is 19.9 Å². The highest BCUT2D eigenvalue weighted by Crippen LogP contribution is 2.27. The molecule has 0 saturated carbocycles. The molecule has 160 valence electrons. The van der Waals surface area contributed by atoms with Crippen molar-refractivity contribution in [2.45, 2.75) is 11.5 Å². The van der Waals surface area contributed by atoms with Crippen LogP contribution in [0.5, 0.6) is 11.5 Å². The highest BCUT2D eigenvalue weighted by molar-refractivity contribution is 7.85. The van der Waals surface area contributed by atoms with Crippen LogP contribution in [0.1, 0.15) is 5.69 Å². The average Bonchev–Trinajstić information content (AvgIpc) is 3.39. The van der Waals surface area contributed by atoms with E-state index in [2.05, 4.69) is 15.2 Å². The van der Waals surface area contributed by atoms with E-state index in [9.17, 15) is 13.0 Å². The van der Waals surface area contributed by atoms with E-state index >= 15 is 0 Å². The molecule has 4 rings (SSSR count). The van der Waals surface area contributed by atoms with E-state index in [1.54, 1.807) is 37.2 Å². The molecule has 2 aromatic carbocycles. The van der Waals surface area contributed by atoms with E-state index in [4.69, 9.17) is 14.0 Å². The molecular formula is C20H18N4O6S. The molecule has 1 N–H and O–H groups in total. The lowest BCUT2D eigenvalue weighted by Gasteiger charge is -2.09. The summed E-state index contributed by atoms with van der Waals surface area (Å²) < 4.78 is 50.1. The third kappa shape index (κ3) is 4.42. The SMILES string of the molecule is COc1cccc(OCc2c(-c3nc(-c4cccc(S(=O)(=O)O)c4)no3)cnn2C)c1. The Hall–Kier alpha value is -3.70. The van der Waals surface area contributed by atoms with Crippen molar-refractivity contribution in [2.24, 2.45) is 7.05 Å². The Morgan fingerprint density at radius 2 is 1.90 bits per heavy atom. The van der Waals surface area contributed by atoms with E-state index in [1.807, 2.05) is 18.2 Å². The molecule has 31 heavy (non-hydrogen) atoms. The summed E-state index contributed by atoms with van der Waals surface area (Å²) >= 11 is 0. The smallest absolute Gasteiger partial charge is 0.294 e. The molecule has 0 fully saturated rings. The normalized spacial score (nSPS) is 11.5. The van der Waals surface area contributed by atoms with Gasteiger partial charge in [-0.05, 0) is 24.3 Å². The molecule has 0 unspecified atom stereocenters. The molecule has 0 atom stereocenters. The van der Waals surface area contributed by atoms with Crippen LogP contribution in [0.2, 0.25) is 0 Å². The van der Waals surface area contributed by atoms with Gasteiger partial charge < -0.3 is 14.0 Å². The summed E-state index contributed by atoms with van der Waals surface area (Å²) in [5.74, 6) is 1.67. The van der Waals surface area contributed by atoms with Gasteiger partial charge in [0.2, 0.25) is 5.82 Å². The van der Waals surface area contributed by atoms with E-state index in [1.165, 1.54) is 18.2 Å². The topological polar surface area (TPSA) is 130 Å². The van der Waals surface area contributed by atoms with Crippen LogP contribution in [0.15, 0.2) is 64.1 Å². The standard InChI is InChI=1S/C20H18N4O6S/c1-24-18(12-29-15-7-4-6-14(10-15)28-2)17(11-21-24)20-22-19(23-30-20)13-5-3-8-16(9-13)31(25,26)27/h3-11H,12H2,1-2H3,(H,25,26,27). The number of aromatic nitrogens is 4. The monoisotopic (exact) mass is 442 g/mol. The summed E-state index contributed by atoms with van der Waals surface area (Å²) in [6.07, 6.45) is 1.58. The quantitative estimate of drug-likeness (QED) is 0.429. The number of hydrogen-bond donors (Lipinski definition) is 1. The van der Waals surface area contributed by atoms with Crippen LogP contribution < -0.4 is 9.47 Å². The van der Waals surface area contributed by atoms with Gasteiger partial charge in [0.1, 0.15) is 18.1 Å². The number of methoxy groups -OCH3 is 1. The van der Waals surface area contributed by atoms with Gasteiger partial charge in [0.25, 0.3) is 16.0 Å². The van der Waals surface area contributed by atoms with E-state index in [0.717, 1.165) is 0 Å². The maximum absolute atomic E-state index is 11.4. The lowest BCUT2D eigenvalue weighted by atomic mass is 10.2. The van der Waals surface area contributed by atoms with Gasteiger partial charge in [-0.3, -0.25) is 9.23 Å².